The summed E-state index contributed by atoms with van der Waals surface area (Å²) in [7, 11) is 3.96. The van der Waals surface area contributed by atoms with E-state index < -0.39 is 0 Å². The molecule has 25 heavy (non-hydrogen) atoms. The van der Waals surface area contributed by atoms with Crippen LogP contribution in [-0.4, -0.2) is 25.0 Å². The molecular weight excluding hydrogens is 314 g/mol. The number of hydrogen-bond donors (Lipinski definition) is 2. The van der Waals surface area contributed by atoms with E-state index in [-0.39, 0.29) is 11.3 Å². The molecule has 2 aromatic carbocycles. The van der Waals surface area contributed by atoms with Crippen LogP contribution in [0.1, 0.15) is 21.6 Å². The van der Waals surface area contributed by atoms with Crippen LogP contribution >= 0.6 is 0 Å². The molecule has 0 aliphatic rings. The number of fused-ring (bicyclic) bond motifs is 1. The third kappa shape index (κ3) is 3.40. The van der Waals surface area contributed by atoms with Gasteiger partial charge in [0, 0.05) is 42.8 Å². The fraction of sp³-hybridized carbons (Fsp3) is 0.200. The number of nitrogens with one attached hydrogen (secondary N) is 2. The van der Waals surface area contributed by atoms with Crippen molar-refractivity contribution in [2.24, 2.45) is 0 Å². The van der Waals surface area contributed by atoms with Crippen molar-refractivity contribution in [3.63, 3.8) is 0 Å². The number of benzene rings is 2. The molecule has 0 saturated carbocycles. The molecule has 2 N–H and O–H groups in total. The number of aromatic nitrogens is 1. The van der Waals surface area contributed by atoms with Crippen LogP contribution in [0, 0.1) is 6.92 Å². The molecular formula is C20H21N3O2. The number of anilines is 1. The largest absolute Gasteiger partial charge is 0.378 e. The van der Waals surface area contributed by atoms with E-state index in [9.17, 15) is 9.59 Å². The molecule has 1 aromatic heterocycles. The smallest absolute Gasteiger partial charge is 0.268 e. The van der Waals surface area contributed by atoms with Crippen molar-refractivity contribution < 1.29 is 4.79 Å². The molecule has 0 radical (unpaired) electrons. The first-order chi connectivity index (χ1) is 12.0. The Balaban J connectivity index is 1.80. The molecule has 5 nitrogen and oxygen atoms in total. The number of pyridine rings is 1. The number of carbonyl (C=O) groups excluding carboxylic acids is 1. The van der Waals surface area contributed by atoms with Crippen molar-refractivity contribution >= 4 is 22.5 Å². The summed E-state index contributed by atoms with van der Waals surface area (Å²) in [4.78, 5) is 30.0. The zero-order valence-electron chi connectivity index (χ0n) is 14.6. The van der Waals surface area contributed by atoms with Crippen molar-refractivity contribution in [1.82, 2.24) is 10.3 Å². The molecule has 3 rings (SSSR count). The number of para-hydroxylation sites is 1. The van der Waals surface area contributed by atoms with Gasteiger partial charge in [0.1, 0.15) is 5.69 Å². The quantitative estimate of drug-likeness (QED) is 0.770. The van der Waals surface area contributed by atoms with Crippen LogP contribution in [0.5, 0.6) is 0 Å². The minimum Gasteiger partial charge on any atom is -0.378 e. The van der Waals surface area contributed by atoms with Crippen LogP contribution in [0.4, 0.5) is 5.69 Å². The van der Waals surface area contributed by atoms with Gasteiger partial charge in [0.05, 0.1) is 0 Å². The van der Waals surface area contributed by atoms with E-state index in [0.717, 1.165) is 11.3 Å². The molecule has 3 aromatic rings. The van der Waals surface area contributed by atoms with Gasteiger partial charge in [0.25, 0.3) is 5.91 Å². The molecule has 0 atom stereocenters. The zero-order valence-corrected chi connectivity index (χ0v) is 14.6. The van der Waals surface area contributed by atoms with E-state index in [1.807, 2.05) is 55.4 Å². The molecule has 0 bridgehead atoms. The van der Waals surface area contributed by atoms with Gasteiger partial charge in [-0.3, -0.25) is 9.59 Å². The zero-order chi connectivity index (χ0) is 18.0. The molecule has 0 unspecified atom stereocenters. The minimum atomic E-state index is -0.281. The van der Waals surface area contributed by atoms with Gasteiger partial charge >= 0.3 is 0 Å². The second-order valence-electron chi connectivity index (χ2n) is 6.24. The first kappa shape index (κ1) is 16.8. The highest BCUT2D eigenvalue weighted by Gasteiger charge is 2.14. The van der Waals surface area contributed by atoms with Gasteiger partial charge in [-0.2, -0.15) is 0 Å². The summed E-state index contributed by atoms with van der Waals surface area (Å²) >= 11 is 0. The van der Waals surface area contributed by atoms with Gasteiger partial charge in [-0.15, -0.1) is 0 Å². The summed E-state index contributed by atoms with van der Waals surface area (Å²) in [6.07, 6.45) is 0. The highest BCUT2D eigenvalue weighted by molar-refractivity contribution is 5.96. The molecule has 0 fully saturated rings. The molecule has 128 valence electrons. The molecule has 0 saturated heterocycles. The van der Waals surface area contributed by atoms with Crippen LogP contribution in [0.25, 0.3) is 10.9 Å². The number of aromatic amines is 1. The van der Waals surface area contributed by atoms with Gasteiger partial charge in [-0.05, 0) is 36.8 Å². The van der Waals surface area contributed by atoms with Gasteiger partial charge in [-0.25, -0.2) is 0 Å². The Labute approximate surface area is 146 Å². The Bertz CT molecular complexity index is 972. The van der Waals surface area contributed by atoms with Gasteiger partial charge < -0.3 is 15.2 Å². The summed E-state index contributed by atoms with van der Waals surface area (Å²) < 4.78 is 0. The van der Waals surface area contributed by atoms with E-state index in [1.54, 1.807) is 19.1 Å². The summed E-state index contributed by atoms with van der Waals surface area (Å²) in [5.74, 6) is -0.281. The lowest BCUT2D eigenvalue weighted by Crippen LogP contribution is -2.27. The Morgan fingerprint density at radius 2 is 1.76 bits per heavy atom. The summed E-state index contributed by atoms with van der Waals surface area (Å²) in [6.45, 7) is 2.08. The number of nitrogens with zero attached hydrogens (tertiary/aromatic N) is 1. The van der Waals surface area contributed by atoms with Crippen molar-refractivity contribution in [2.45, 2.75) is 13.5 Å². The number of H-pyrrole nitrogens is 1. The van der Waals surface area contributed by atoms with Gasteiger partial charge in [0.15, 0.2) is 5.43 Å². The fourth-order valence-electron chi connectivity index (χ4n) is 2.74. The molecule has 0 aliphatic heterocycles. The Morgan fingerprint density at radius 3 is 2.44 bits per heavy atom. The lowest BCUT2D eigenvalue weighted by Gasteiger charge is -2.13. The molecule has 1 heterocycles. The van der Waals surface area contributed by atoms with Crippen LogP contribution in [0.2, 0.25) is 0 Å². The standard InChI is InChI=1S/C20H21N3O2/c1-13-18(22-17-7-5-4-6-16(17)19(13)24)20(25)21-12-14-8-10-15(11-9-14)23(2)3/h4-11H,12H2,1-3H3,(H,21,25)(H,22,24). The third-order valence-corrected chi connectivity index (χ3v) is 4.28. The maximum absolute atomic E-state index is 12.5. The second-order valence-corrected chi connectivity index (χ2v) is 6.24. The first-order valence-corrected chi connectivity index (χ1v) is 8.13. The first-order valence-electron chi connectivity index (χ1n) is 8.13. The van der Waals surface area contributed by atoms with Crippen LogP contribution in [-0.2, 0) is 6.54 Å². The molecule has 0 aliphatic carbocycles. The second kappa shape index (κ2) is 6.81. The van der Waals surface area contributed by atoms with Crippen LogP contribution in [0.15, 0.2) is 53.3 Å². The summed E-state index contributed by atoms with van der Waals surface area (Å²) in [6, 6.07) is 15.2. The minimum absolute atomic E-state index is 0.116. The van der Waals surface area contributed by atoms with Crippen molar-refractivity contribution in [1.29, 1.82) is 0 Å². The maximum Gasteiger partial charge on any atom is 0.268 e. The van der Waals surface area contributed by atoms with Gasteiger partial charge in [-0.1, -0.05) is 24.3 Å². The Hall–Kier alpha value is -3.08. The lowest BCUT2D eigenvalue weighted by molar-refractivity contribution is 0.0945. The molecule has 0 spiro atoms. The highest BCUT2D eigenvalue weighted by atomic mass is 16.2. The van der Waals surface area contributed by atoms with E-state index in [1.165, 1.54) is 0 Å². The third-order valence-electron chi connectivity index (χ3n) is 4.28. The van der Waals surface area contributed by atoms with E-state index >= 15 is 0 Å². The van der Waals surface area contributed by atoms with E-state index in [4.69, 9.17) is 0 Å². The lowest BCUT2D eigenvalue weighted by atomic mass is 10.1. The van der Waals surface area contributed by atoms with Crippen LogP contribution in [0.3, 0.4) is 0 Å². The van der Waals surface area contributed by atoms with Crippen molar-refractivity contribution in [3.8, 4) is 0 Å². The fourth-order valence-corrected chi connectivity index (χ4v) is 2.74. The highest BCUT2D eigenvalue weighted by Crippen LogP contribution is 2.13. The summed E-state index contributed by atoms with van der Waals surface area (Å²) in [5, 5.41) is 3.47. The Morgan fingerprint density at radius 1 is 1.08 bits per heavy atom. The maximum atomic E-state index is 12.5. The van der Waals surface area contributed by atoms with Crippen molar-refractivity contribution in [3.05, 3.63) is 75.6 Å². The molecule has 5 heteroatoms. The average Bonchev–Trinajstić information content (AvgIpc) is 2.63. The van der Waals surface area contributed by atoms with Crippen molar-refractivity contribution in [2.75, 3.05) is 19.0 Å². The Kier molecular flexibility index (Phi) is 4.57. The number of amides is 1. The monoisotopic (exact) mass is 335 g/mol. The van der Waals surface area contributed by atoms with Crippen LogP contribution < -0.4 is 15.6 Å². The predicted molar refractivity (Wildman–Crippen MR) is 101 cm³/mol. The number of rotatable bonds is 4. The number of hydrogen-bond acceptors (Lipinski definition) is 3. The summed E-state index contributed by atoms with van der Waals surface area (Å²) in [5.41, 5.74) is 3.39. The average molecular weight is 335 g/mol. The predicted octanol–water partition coefficient (Wildman–Crippen LogP) is 2.83. The number of carbonyl (C=O) groups is 1. The molecule has 1 amide bonds. The topological polar surface area (TPSA) is 65.2 Å². The SMILES string of the molecule is Cc1c(C(=O)NCc2ccc(N(C)C)cc2)[nH]c2ccccc2c1=O. The normalized spacial score (nSPS) is 10.7. The van der Waals surface area contributed by atoms with Gasteiger partial charge in [0.2, 0.25) is 0 Å². The van der Waals surface area contributed by atoms with E-state index in [0.29, 0.717) is 28.7 Å². The van der Waals surface area contributed by atoms with E-state index in [2.05, 4.69) is 10.3 Å².